The highest BCUT2D eigenvalue weighted by atomic mass is 35.5. The van der Waals surface area contributed by atoms with Gasteiger partial charge >= 0.3 is 6.18 Å². The Labute approximate surface area is 211 Å². The smallest absolute Gasteiger partial charge is 0.379 e. The molecule has 0 bridgehead atoms. The van der Waals surface area contributed by atoms with E-state index in [1.165, 1.54) is 12.1 Å². The molecule has 2 N–H and O–H groups in total. The van der Waals surface area contributed by atoms with Crippen LogP contribution < -0.4 is 10.6 Å². The van der Waals surface area contributed by atoms with Crippen LogP contribution in [0.4, 0.5) is 27.6 Å². The lowest BCUT2D eigenvalue weighted by atomic mass is 9.80. The number of alkyl halides is 3. The van der Waals surface area contributed by atoms with Gasteiger partial charge in [0.25, 0.3) is 0 Å². The van der Waals surface area contributed by atoms with E-state index in [2.05, 4.69) is 15.6 Å². The number of anilines is 1. The summed E-state index contributed by atoms with van der Waals surface area (Å²) in [5, 5.41) is 6.09. The van der Waals surface area contributed by atoms with Gasteiger partial charge in [-0.2, -0.15) is 17.6 Å². The normalized spacial score (nSPS) is 23.5. The number of likely N-dealkylation sites (N-methyl/N-ethyl adjacent to an activating group) is 1. The second kappa shape index (κ2) is 10.4. The van der Waals surface area contributed by atoms with Crippen molar-refractivity contribution < 1.29 is 30.4 Å². The number of sulfone groups is 1. The van der Waals surface area contributed by atoms with Gasteiger partial charge in [0, 0.05) is 31.2 Å². The third kappa shape index (κ3) is 5.92. The summed E-state index contributed by atoms with van der Waals surface area (Å²) in [5.41, 5.74) is 0.00287. The maximum absolute atomic E-state index is 15.0. The Bertz CT molecular complexity index is 1210. The van der Waals surface area contributed by atoms with Crippen LogP contribution in [0.2, 0.25) is 5.02 Å². The Balaban J connectivity index is 1.56. The molecule has 198 valence electrons. The first-order chi connectivity index (χ1) is 16.8. The molecule has 0 amide bonds. The zero-order valence-corrected chi connectivity index (χ0v) is 20.9. The van der Waals surface area contributed by atoms with E-state index in [4.69, 9.17) is 11.6 Å². The van der Waals surface area contributed by atoms with Gasteiger partial charge in [-0.3, -0.25) is 4.90 Å². The Morgan fingerprint density at radius 3 is 2.53 bits per heavy atom. The van der Waals surface area contributed by atoms with Gasteiger partial charge in [-0.1, -0.05) is 17.7 Å². The van der Waals surface area contributed by atoms with Gasteiger partial charge in [-0.05, 0) is 50.6 Å². The molecule has 0 spiro atoms. The number of pyridine rings is 1. The van der Waals surface area contributed by atoms with Crippen LogP contribution in [0.15, 0.2) is 35.2 Å². The number of hydrogen-bond donors (Lipinski definition) is 2. The van der Waals surface area contributed by atoms with Gasteiger partial charge in [-0.15, -0.1) is 0 Å². The average Bonchev–Trinajstić information content (AvgIpc) is 2.73. The highest BCUT2D eigenvalue weighted by molar-refractivity contribution is 7.90. The van der Waals surface area contributed by atoms with Crippen molar-refractivity contribution in [2.45, 2.75) is 54.2 Å². The average molecular weight is 553 g/mol. The van der Waals surface area contributed by atoms with Crippen molar-refractivity contribution in [3.8, 4) is 0 Å². The van der Waals surface area contributed by atoms with Gasteiger partial charge in [0.15, 0.2) is 9.84 Å². The highest BCUT2D eigenvalue weighted by Gasteiger charge is 2.47. The number of benzene rings is 1. The van der Waals surface area contributed by atoms with E-state index in [-0.39, 0.29) is 41.7 Å². The van der Waals surface area contributed by atoms with Gasteiger partial charge in [0.1, 0.15) is 10.7 Å². The van der Waals surface area contributed by atoms with Crippen molar-refractivity contribution in [1.82, 2.24) is 15.2 Å². The van der Waals surface area contributed by atoms with Crippen LogP contribution >= 0.6 is 11.6 Å². The molecule has 1 saturated carbocycles. The molecule has 1 aromatic carbocycles. The summed E-state index contributed by atoms with van der Waals surface area (Å²) >= 11 is 6.31. The third-order valence-corrected chi connectivity index (χ3v) is 8.92. The molecule has 2 aliphatic rings. The molecule has 0 unspecified atom stereocenters. The summed E-state index contributed by atoms with van der Waals surface area (Å²) in [6.07, 6.45) is -4.32. The molecule has 2 heterocycles. The molecule has 1 aliphatic carbocycles. The maximum Gasteiger partial charge on any atom is 0.391 e. The number of aromatic nitrogens is 1. The van der Waals surface area contributed by atoms with Crippen LogP contribution in [-0.4, -0.2) is 62.7 Å². The van der Waals surface area contributed by atoms with Crippen molar-refractivity contribution in [3.05, 3.63) is 52.8 Å². The lowest BCUT2D eigenvalue weighted by Crippen LogP contribution is -2.62. The lowest BCUT2D eigenvalue weighted by molar-refractivity contribution is -0.187. The molecule has 0 radical (unpaired) electrons. The van der Waals surface area contributed by atoms with E-state index >= 15 is 0 Å². The van der Waals surface area contributed by atoms with Crippen LogP contribution in [-0.2, 0) is 15.6 Å². The summed E-state index contributed by atoms with van der Waals surface area (Å²) in [5.74, 6) is -4.10. The van der Waals surface area contributed by atoms with Gasteiger partial charge < -0.3 is 10.6 Å². The van der Waals surface area contributed by atoms with Crippen LogP contribution in [0.5, 0.6) is 0 Å². The first kappa shape index (κ1) is 27.0. The van der Waals surface area contributed by atoms with E-state index < -0.39 is 56.4 Å². The number of nitrogens with one attached hydrogen (secondary N) is 2. The molecular formula is C23H26ClF5N4O2S. The molecule has 13 heteroatoms. The van der Waals surface area contributed by atoms with Crippen molar-refractivity contribution in [1.29, 1.82) is 0 Å². The molecule has 4 rings (SSSR count). The van der Waals surface area contributed by atoms with Crippen molar-refractivity contribution >= 4 is 27.1 Å². The lowest BCUT2D eigenvalue weighted by Gasteiger charge is -2.47. The largest absolute Gasteiger partial charge is 0.391 e. The molecular weight excluding hydrogens is 527 g/mol. The molecule has 2 fully saturated rings. The Hall–Kier alpha value is -2.02. The van der Waals surface area contributed by atoms with Gasteiger partial charge in [0.05, 0.1) is 28.1 Å². The number of halogens is 6. The summed E-state index contributed by atoms with van der Waals surface area (Å²) in [4.78, 5) is 4.75. The monoisotopic (exact) mass is 552 g/mol. The van der Waals surface area contributed by atoms with Crippen LogP contribution in [0.25, 0.3) is 0 Å². The topological polar surface area (TPSA) is 74.3 Å². The van der Waals surface area contributed by atoms with Crippen LogP contribution in [0, 0.1) is 17.7 Å². The fourth-order valence-electron chi connectivity index (χ4n) is 4.78. The molecule has 1 aliphatic heterocycles. The van der Waals surface area contributed by atoms with E-state index in [1.54, 1.807) is 7.05 Å². The van der Waals surface area contributed by atoms with Crippen LogP contribution in [0.1, 0.15) is 25.0 Å². The number of nitrogens with zero attached hydrogens (tertiary/aromatic N) is 2. The van der Waals surface area contributed by atoms with Gasteiger partial charge in [0.2, 0.25) is 5.95 Å². The van der Waals surface area contributed by atoms with E-state index in [9.17, 15) is 30.4 Å². The number of hydrogen-bond acceptors (Lipinski definition) is 6. The SMILES string of the molecule is CN(C1CNC1)[C@H]1C[C@@H](C(F)(F)F)CC[C@@H]1Nc1cc(F)c(S(=O)(=O)Cc2cccc(F)n2)cc1Cl. The summed E-state index contributed by atoms with van der Waals surface area (Å²) < 4.78 is 94.3. The molecule has 3 atom stereocenters. The summed E-state index contributed by atoms with van der Waals surface area (Å²) in [6.45, 7) is 1.33. The van der Waals surface area contributed by atoms with E-state index in [1.807, 2.05) is 4.90 Å². The van der Waals surface area contributed by atoms with Crippen molar-refractivity contribution in [2.24, 2.45) is 5.92 Å². The predicted octanol–water partition coefficient (Wildman–Crippen LogP) is 4.40. The van der Waals surface area contributed by atoms with E-state index in [0.29, 0.717) is 13.1 Å². The number of rotatable bonds is 7. The first-order valence-electron chi connectivity index (χ1n) is 11.4. The minimum Gasteiger partial charge on any atom is -0.379 e. The van der Waals surface area contributed by atoms with E-state index in [0.717, 1.165) is 18.2 Å². The Morgan fingerprint density at radius 1 is 1.19 bits per heavy atom. The van der Waals surface area contributed by atoms with Crippen molar-refractivity contribution in [3.63, 3.8) is 0 Å². The maximum atomic E-state index is 15.0. The zero-order chi connectivity index (χ0) is 26.3. The summed E-state index contributed by atoms with van der Waals surface area (Å²) in [6, 6.07) is 4.70. The highest BCUT2D eigenvalue weighted by Crippen LogP contribution is 2.41. The summed E-state index contributed by atoms with van der Waals surface area (Å²) in [7, 11) is -2.46. The zero-order valence-electron chi connectivity index (χ0n) is 19.3. The molecule has 36 heavy (non-hydrogen) atoms. The fourth-order valence-corrected chi connectivity index (χ4v) is 6.42. The standard InChI is InChI=1S/C23H26ClF5N4O2S/c1-33(15-10-30-11-15)20-7-13(23(27,28)29)5-6-18(20)32-19-9-17(25)21(8-16(19)24)36(34,35)12-14-3-2-4-22(26)31-14/h2-4,8-9,13,15,18,20,30,32H,5-7,10-12H2,1H3/t13-,18-,20-/m0/s1. The van der Waals surface area contributed by atoms with Crippen LogP contribution in [0.3, 0.4) is 0 Å². The molecule has 1 saturated heterocycles. The molecule has 2 aromatic rings. The fraction of sp³-hybridized carbons (Fsp3) is 0.522. The predicted molar refractivity (Wildman–Crippen MR) is 126 cm³/mol. The molecule has 6 nitrogen and oxygen atoms in total. The molecule has 1 aromatic heterocycles. The first-order valence-corrected chi connectivity index (χ1v) is 13.5. The minimum absolute atomic E-state index is 0.0817. The minimum atomic E-state index is -4.31. The second-order valence-corrected chi connectivity index (χ2v) is 11.7. The quantitative estimate of drug-likeness (QED) is 0.392. The van der Waals surface area contributed by atoms with Gasteiger partial charge in [-0.25, -0.2) is 17.8 Å². The van der Waals surface area contributed by atoms with Crippen molar-refractivity contribution in [2.75, 3.05) is 25.5 Å². The second-order valence-electron chi connectivity index (χ2n) is 9.32. The Morgan fingerprint density at radius 2 is 1.92 bits per heavy atom. The Kier molecular flexibility index (Phi) is 7.80. The third-order valence-electron chi connectivity index (χ3n) is 6.95.